The molecule has 0 atom stereocenters. The largest absolute Gasteiger partial charge is 0.475 e. The van der Waals surface area contributed by atoms with Crippen LogP contribution in [-0.4, -0.2) is 63.4 Å². The van der Waals surface area contributed by atoms with Crippen molar-refractivity contribution in [3.8, 4) is 0 Å². The minimum absolute atomic E-state index is 0.0915. The number of Topliss-reactive ketones (excluding diaryl/α,β-unsaturated/α-hetero) is 1. The first-order valence-electron chi connectivity index (χ1n) is 9.45. The van der Waals surface area contributed by atoms with Crippen molar-refractivity contribution in [2.24, 2.45) is 0 Å². The Bertz CT molecular complexity index is 1130. The quantitative estimate of drug-likeness (QED) is 0.488. The summed E-state index contributed by atoms with van der Waals surface area (Å²) in [6.07, 6.45) is 2.86. The smallest absolute Gasteiger partial charge is 0.377 e. The monoisotopic (exact) mass is 410 g/mol. The number of hydrogen-bond acceptors (Lipinski definition) is 5. The number of benzene rings is 1. The molecule has 2 N–H and O–H groups in total. The molecule has 3 heterocycles. The number of carboxylic acid groups (broad SMARTS) is 1. The number of hydrogen-bond donors (Lipinski definition) is 2. The molecule has 8 nitrogen and oxygen atoms in total. The summed E-state index contributed by atoms with van der Waals surface area (Å²) in [6.45, 7) is 2.59. The number of halogens is 1. The van der Waals surface area contributed by atoms with Crippen LogP contribution in [0.4, 0.5) is 4.39 Å². The molecule has 30 heavy (non-hydrogen) atoms. The molecule has 0 bridgehead atoms. The number of aliphatic carboxylic acids is 1. The van der Waals surface area contributed by atoms with Crippen LogP contribution in [0.25, 0.3) is 11.0 Å². The normalized spacial score (nSPS) is 14.1. The van der Waals surface area contributed by atoms with E-state index < -0.39 is 11.8 Å². The van der Waals surface area contributed by atoms with Gasteiger partial charge in [-0.05, 0) is 23.8 Å². The van der Waals surface area contributed by atoms with Gasteiger partial charge < -0.3 is 19.9 Å². The number of carbonyl (C=O) groups excluding carboxylic acids is 2. The third-order valence-electron chi connectivity index (χ3n) is 5.10. The molecule has 3 aromatic rings. The van der Waals surface area contributed by atoms with E-state index in [9.17, 15) is 23.9 Å². The van der Waals surface area contributed by atoms with E-state index in [0.29, 0.717) is 31.8 Å². The maximum Gasteiger partial charge on any atom is 0.377 e. The van der Waals surface area contributed by atoms with Crippen LogP contribution in [0.1, 0.15) is 26.3 Å². The third-order valence-corrected chi connectivity index (χ3v) is 5.10. The molecule has 1 aliphatic heterocycles. The lowest BCUT2D eigenvalue weighted by Crippen LogP contribution is -2.46. The highest BCUT2D eigenvalue weighted by atomic mass is 19.1. The number of aromatic nitrogens is 2. The van der Waals surface area contributed by atoms with E-state index in [0.717, 1.165) is 5.56 Å². The lowest BCUT2D eigenvalue weighted by molar-refractivity contribution is -0.131. The van der Waals surface area contributed by atoms with Gasteiger partial charge in [-0.25, -0.2) is 14.2 Å². The fourth-order valence-electron chi connectivity index (χ4n) is 3.63. The Balaban J connectivity index is 1.84. The Hall–Kier alpha value is -3.59. The summed E-state index contributed by atoms with van der Waals surface area (Å²) in [4.78, 5) is 42.9. The Morgan fingerprint density at radius 1 is 1.07 bits per heavy atom. The van der Waals surface area contributed by atoms with Crippen molar-refractivity contribution in [2.75, 3.05) is 26.2 Å². The topological polar surface area (TPSA) is 105 Å². The number of carboxylic acids is 1. The lowest BCUT2D eigenvalue weighted by atomic mass is 10.0. The molecule has 2 aromatic heterocycles. The van der Waals surface area contributed by atoms with E-state index >= 15 is 0 Å². The molecule has 4 rings (SSSR count). The highest BCUT2D eigenvalue weighted by molar-refractivity contribution is 6.42. The van der Waals surface area contributed by atoms with E-state index in [2.05, 4.69) is 10.3 Å². The molecule has 0 saturated carbocycles. The van der Waals surface area contributed by atoms with Gasteiger partial charge in [0.1, 0.15) is 11.5 Å². The lowest BCUT2D eigenvalue weighted by Gasteiger charge is -2.27. The summed E-state index contributed by atoms with van der Waals surface area (Å²) in [5, 5.41) is 12.7. The standard InChI is InChI=1S/C21H19FN4O4/c22-14-3-1-13(2-4-14)11-26-12-16(18(27)21(29)30)17-15(5-6-24-19(17)26)20(28)25-9-7-23-8-10-25/h1-6,12,23H,7-11H2,(H,29,30). The second kappa shape index (κ2) is 8.03. The van der Waals surface area contributed by atoms with Crippen LogP contribution in [0, 0.1) is 5.82 Å². The van der Waals surface area contributed by atoms with Crippen molar-refractivity contribution in [3.05, 3.63) is 65.2 Å². The van der Waals surface area contributed by atoms with Crippen LogP contribution in [-0.2, 0) is 11.3 Å². The van der Waals surface area contributed by atoms with Gasteiger partial charge in [-0.1, -0.05) is 12.1 Å². The van der Waals surface area contributed by atoms with Gasteiger partial charge in [0.2, 0.25) is 0 Å². The number of piperazine rings is 1. The Labute approximate surface area is 170 Å². The summed E-state index contributed by atoms with van der Waals surface area (Å²) in [6, 6.07) is 7.33. The molecule has 1 aromatic carbocycles. The Morgan fingerprint density at radius 3 is 2.43 bits per heavy atom. The average Bonchev–Trinajstić information content (AvgIpc) is 3.13. The first-order chi connectivity index (χ1) is 14.5. The summed E-state index contributed by atoms with van der Waals surface area (Å²) in [7, 11) is 0. The van der Waals surface area contributed by atoms with Gasteiger partial charge in [-0.3, -0.25) is 9.59 Å². The minimum atomic E-state index is -1.61. The molecule has 1 aliphatic rings. The number of pyridine rings is 1. The molecule has 1 fully saturated rings. The van der Waals surface area contributed by atoms with E-state index in [1.165, 1.54) is 30.6 Å². The zero-order valence-electron chi connectivity index (χ0n) is 16.0. The van der Waals surface area contributed by atoms with Gasteiger partial charge in [-0.2, -0.15) is 0 Å². The summed E-state index contributed by atoms with van der Waals surface area (Å²) < 4.78 is 14.8. The molecule has 1 saturated heterocycles. The Morgan fingerprint density at radius 2 is 1.77 bits per heavy atom. The number of carbonyl (C=O) groups is 3. The minimum Gasteiger partial charge on any atom is -0.475 e. The van der Waals surface area contributed by atoms with Crippen molar-refractivity contribution in [2.45, 2.75) is 6.54 Å². The van der Waals surface area contributed by atoms with Crippen LogP contribution >= 0.6 is 0 Å². The van der Waals surface area contributed by atoms with Gasteiger partial charge in [0.15, 0.2) is 0 Å². The molecule has 0 radical (unpaired) electrons. The first-order valence-corrected chi connectivity index (χ1v) is 9.45. The maximum atomic E-state index is 13.2. The number of ketones is 1. The molecular weight excluding hydrogens is 391 g/mol. The first kappa shape index (κ1) is 19.7. The SMILES string of the molecule is O=C(O)C(=O)c1cn(Cc2ccc(F)cc2)c2nccc(C(=O)N3CCNCC3)c12. The average molecular weight is 410 g/mol. The number of nitrogens with zero attached hydrogens (tertiary/aromatic N) is 3. The highest BCUT2D eigenvalue weighted by Crippen LogP contribution is 2.26. The van der Waals surface area contributed by atoms with Gasteiger partial charge >= 0.3 is 5.97 Å². The summed E-state index contributed by atoms with van der Waals surface area (Å²) >= 11 is 0. The molecular formula is C21H19FN4O4. The van der Waals surface area contributed by atoms with Crippen molar-refractivity contribution in [3.63, 3.8) is 0 Å². The van der Waals surface area contributed by atoms with Crippen LogP contribution in [0.2, 0.25) is 0 Å². The van der Waals surface area contributed by atoms with Crippen LogP contribution in [0.15, 0.2) is 42.7 Å². The van der Waals surface area contributed by atoms with Gasteiger partial charge in [-0.15, -0.1) is 0 Å². The fraction of sp³-hybridized carbons (Fsp3) is 0.238. The van der Waals surface area contributed by atoms with Crippen molar-refractivity contribution in [1.82, 2.24) is 19.8 Å². The molecule has 0 unspecified atom stereocenters. The maximum absolute atomic E-state index is 13.2. The number of rotatable bonds is 5. The number of nitrogens with one attached hydrogen (secondary N) is 1. The molecule has 0 spiro atoms. The van der Waals surface area contributed by atoms with Crippen molar-refractivity contribution in [1.29, 1.82) is 0 Å². The van der Waals surface area contributed by atoms with Crippen LogP contribution < -0.4 is 5.32 Å². The van der Waals surface area contributed by atoms with Crippen LogP contribution in [0.5, 0.6) is 0 Å². The second-order valence-corrected chi connectivity index (χ2v) is 7.03. The molecule has 0 aliphatic carbocycles. The third kappa shape index (κ3) is 3.67. The van der Waals surface area contributed by atoms with E-state index in [-0.39, 0.29) is 34.8 Å². The van der Waals surface area contributed by atoms with E-state index in [1.807, 2.05) is 0 Å². The zero-order chi connectivity index (χ0) is 21.3. The molecule has 9 heteroatoms. The number of fused-ring (bicyclic) bond motifs is 1. The van der Waals surface area contributed by atoms with Gasteiger partial charge in [0.05, 0.1) is 11.1 Å². The molecule has 154 valence electrons. The predicted octanol–water partition coefficient (Wildman–Crippen LogP) is 1.54. The van der Waals surface area contributed by atoms with Crippen LogP contribution in [0.3, 0.4) is 0 Å². The Kier molecular flexibility index (Phi) is 5.28. The number of amides is 1. The predicted molar refractivity (Wildman–Crippen MR) is 106 cm³/mol. The van der Waals surface area contributed by atoms with Crippen molar-refractivity contribution < 1.29 is 23.9 Å². The van der Waals surface area contributed by atoms with E-state index in [4.69, 9.17) is 0 Å². The second-order valence-electron chi connectivity index (χ2n) is 7.03. The molecule has 1 amide bonds. The van der Waals surface area contributed by atoms with E-state index in [1.54, 1.807) is 21.6 Å². The van der Waals surface area contributed by atoms with Gasteiger partial charge in [0, 0.05) is 50.5 Å². The van der Waals surface area contributed by atoms with Gasteiger partial charge in [0.25, 0.3) is 11.7 Å². The summed E-state index contributed by atoms with van der Waals surface area (Å²) in [5.41, 5.74) is 1.21. The summed E-state index contributed by atoms with van der Waals surface area (Å²) in [5.74, 6) is -3.37. The fourth-order valence-corrected chi connectivity index (χ4v) is 3.63. The zero-order valence-corrected chi connectivity index (χ0v) is 16.0. The highest BCUT2D eigenvalue weighted by Gasteiger charge is 2.28. The van der Waals surface area contributed by atoms with Crippen molar-refractivity contribution >= 4 is 28.7 Å².